The summed E-state index contributed by atoms with van der Waals surface area (Å²) in [6.07, 6.45) is 0.621. The van der Waals surface area contributed by atoms with E-state index in [-0.39, 0.29) is 12.5 Å². The molecule has 2 aromatic carbocycles. The summed E-state index contributed by atoms with van der Waals surface area (Å²) >= 11 is 3.28. The highest BCUT2D eigenvalue weighted by Crippen LogP contribution is 2.28. The first-order valence-electron chi connectivity index (χ1n) is 9.12. The summed E-state index contributed by atoms with van der Waals surface area (Å²) < 4.78 is 16.8. The Morgan fingerprint density at radius 3 is 2.43 bits per heavy atom. The van der Waals surface area contributed by atoms with Gasteiger partial charge in [-0.05, 0) is 66.0 Å². The highest BCUT2D eigenvalue weighted by molar-refractivity contribution is 9.10. The minimum Gasteiger partial charge on any atom is -0.490 e. The number of esters is 1. The standard InChI is InChI=1S/C21H24BrNO5/c1-3-26-18-10-9-15(13-19(18)27-4-2)11-12-23-20(24)14-28-21(25)16-7-5-6-8-17(16)22/h5-10,13H,3-4,11-12,14H2,1-2H3,(H,23,24). The average Bonchev–Trinajstić information content (AvgIpc) is 2.69. The van der Waals surface area contributed by atoms with E-state index < -0.39 is 5.97 Å². The molecule has 0 heterocycles. The van der Waals surface area contributed by atoms with E-state index in [9.17, 15) is 9.59 Å². The third-order valence-electron chi connectivity index (χ3n) is 3.77. The van der Waals surface area contributed by atoms with Crippen LogP contribution < -0.4 is 14.8 Å². The smallest absolute Gasteiger partial charge is 0.339 e. The third-order valence-corrected chi connectivity index (χ3v) is 4.46. The summed E-state index contributed by atoms with van der Waals surface area (Å²) in [7, 11) is 0. The minimum atomic E-state index is -0.546. The van der Waals surface area contributed by atoms with Crippen LogP contribution in [0.4, 0.5) is 0 Å². The molecular formula is C21H24BrNO5. The Labute approximate surface area is 173 Å². The predicted molar refractivity (Wildman–Crippen MR) is 110 cm³/mol. The second-order valence-corrected chi connectivity index (χ2v) is 6.66. The Bertz CT molecular complexity index is 809. The van der Waals surface area contributed by atoms with E-state index in [0.717, 1.165) is 5.56 Å². The van der Waals surface area contributed by atoms with Crippen LogP contribution in [0.5, 0.6) is 11.5 Å². The van der Waals surface area contributed by atoms with E-state index in [0.29, 0.717) is 47.7 Å². The van der Waals surface area contributed by atoms with Gasteiger partial charge in [0.25, 0.3) is 5.91 Å². The topological polar surface area (TPSA) is 73.9 Å². The van der Waals surface area contributed by atoms with Crippen LogP contribution in [0.1, 0.15) is 29.8 Å². The van der Waals surface area contributed by atoms with Crippen molar-refractivity contribution < 1.29 is 23.8 Å². The van der Waals surface area contributed by atoms with Crippen molar-refractivity contribution in [1.29, 1.82) is 0 Å². The van der Waals surface area contributed by atoms with Gasteiger partial charge in [-0.1, -0.05) is 18.2 Å². The molecule has 0 bridgehead atoms. The summed E-state index contributed by atoms with van der Waals surface area (Å²) in [5, 5.41) is 2.74. The van der Waals surface area contributed by atoms with Crippen LogP contribution in [0.3, 0.4) is 0 Å². The number of nitrogens with one attached hydrogen (secondary N) is 1. The van der Waals surface area contributed by atoms with Crippen molar-refractivity contribution in [3.8, 4) is 11.5 Å². The largest absolute Gasteiger partial charge is 0.490 e. The van der Waals surface area contributed by atoms with Gasteiger partial charge in [0.2, 0.25) is 0 Å². The fourth-order valence-electron chi connectivity index (χ4n) is 2.48. The first-order valence-corrected chi connectivity index (χ1v) is 9.91. The third kappa shape index (κ3) is 6.56. The number of hydrogen-bond donors (Lipinski definition) is 1. The molecule has 6 nitrogen and oxygen atoms in total. The number of hydrogen-bond acceptors (Lipinski definition) is 5. The van der Waals surface area contributed by atoms with Crippen molar-refractivity contribution in [2.24, 2.45) is 0 Å². The Morgan fingerprint density at radius 1 is 1.00 bits per heavy atom. The van der Waals surface area contributed by atoms with E-state index in [1.54, 1.807) is 24.3 Å². The molecule has 7 heteroatoms. The molecule has 0 atom stereocenters. The monoisotopic (exact) mass is 449 g/mol. The van der Waals surface area contributed by atoms with Gasteiger partial charge in [0.1, 0.15) is 0 Å². The highest BCUT2D eigenvalue weighted by Gasteiger charge is 2.13. The molecule has 0 saturated carbocycles. The molecule has 0 aliphatic carbocycles. The molecule has 0 aliphatic rings. The number of rotatable bonds is 10. The number of carbonyl (C=O) groups excluding carboxylic acids is 2. The molecule has 150 valence electrons. The maximum Gasteiger partial charge on any atom is 0.339 e. The molecule has 0 fully saturated rings. The molecule has 28 heavy (non-hydrogen) atoms. The Hall–Kier alpha value is -2.54. The van der Waals surface area contributed by atoms with Crippen molar-refractivity contribution in [3.63, 3.8) is 0 Å². The Morgan fingerprint density at radius 2 is 1.71 bits per heavy atom. The summed E-state index contributed by atoms with van der Waals surface area (Å²) in [6, 6.07) is 12.6. The lowest BCUT2D eigenvalue weighted by Gasteiger charge is -2.12. The lowest BCUT2D eigenvalue weighted by molar-refractivity contribution is -0.124. The van der Waals surface area contributed by atoms with Gasteiger partial charge in [-0.25, -0.2) is 4.79 Å². The van der Waals surface area contributed by atoms with Crippen LogP contribution in [0.15, 0.2) is 46.9 Å². The number of benzene rings is 2. The maximum absolute atomic E-state index is 12.0. The van der Waals surface area contributed by atoms with Crippen LogP contribution in [-0.4, -0.2) is 38.2 Å². The molecular weight excluding hydrogens is 426 g/mol. The SMILES string of the molecule is CCOc1ccc(CCNC(=O)COC(=O)c2ccccc2Br)cc1OCC. The van der Waals surface area contributed by atoms with E-state index >= 15 is 0 Å². The normalized spacial score (nSPS) is 10.2. The molecule has 1 N–H and O–H groups in total. The summed E-state index contributed by atoms with van der Waals surface area (Å²) in [6.45, 7) is 5.04. The molecule has 0 spiro atoms. The van der Waals surface area contributed by atoms with E-state index in [4.69, 9.17) is 14.2 Å². The lowest BCUT2D eigenvalue weighted by Crippen LogP contribution is -2.30. The van der Waals surface area contributed by atoms with Crippen LogP contribution in [-0.2, 0) is 16.0 Å². The van der Waals surface area contributed by atoms with Gasteiger partial charge in [0.15, 0.2) is 18.1 Å². The average molecular weight is 450 g/mol. The molecule has 0 aromatic heterocycles. The zero-order valence-electron chi connectivity index (χ0n) is 16.0. The zero-order valence-corrected chi connectivity index (χ0v) is 17.6. The van der Waals surface area contributed by atoms with Gasteiger partial charge >= 0.3 is 5.97 Å². The van der Waals surface area contributed by atoms with Gasteiger partial charge in [-0.3, -0.25) is 4.79 Å². The summed E-state index contributed by atoms with van der Waals surface area (Å²) in [5.41, 5.74) is 1.39. The molecule has 1 amide bonds. The zero-order chi connectivity index (χ0) is 20.4. The first-order chi connectivity index (χ1) is 13.5. The first kappa shape index (κ1) is 21.8. The number of ether oxygens (including phenoxy) is 3. The fraction of sp³-hybridized carbons (Fsp3) is 0.333. The number of amides is 1. The predicted octanol–water partition coefficient (Wildman–Crippen LogP) is 3.76. The molecule has 0 aliphatic heterocycles. The summed E-state index contributed by atoms with van der Waals surface area (Å²) in [5.74, 6) is 0.499. The second-order valence-electron chi connectivity index (χ2n) is 5.80. The maximum atomic E-state index is 12.0. The molecule has 2 aromatic rings. The van der Waals surface area contributed by atoms with Crippen LogP contribution in [0.25, 0.3) is 0 Å². The molecule has 2 rings (SSSR count). The minimum absolute atomic E-state index is 0.326. The van der Waals surface area contributed by atoms with Crippen molar-refractivity contribution in [3.05, 3.63) is 58.1 Å². The van der Waals surface area contributed by atoms with E-state index in [1.807, 2.05) is 32.0 Å². The quantitative estimate of drug-likeness (QED) is 0.558. The molecule has 0 saturated heterocycles. The van der Waals surface area contributed by atoms with E-state index in [2.05, 4.69) is 21.2 Å². The Balaban J connectivity index is 1.79. The van der Waals surface area contributed by atoms with Crippen LogP contribution in [0.2, 0.25) is 0 Å². The van der Waals surface area contributed by atoms with Crippen molar-refractivity contribution in [2.75, 3.05) is 26.4 Å². The number of halogens is 1. The van der Waals surface area contributed by atoms with Crippen LogP contribution in [0, 0.1) is 0 Å². The Kier molecular flexibility index (Phi) is 8.81. The van der Waals surface area contributed by atoms with Crippen molar-refractivity contribution in [2.45, 2.75) is 20.3 Å². The highest BCUT2D eigenvalue weighted by atomic mass is 79.9. The van der Waals surface area contributed by atoms with Gasteiger partial charge in [-0.15, -0.1) is 0 Å². The fourth-order valence-corrected chi connectivity index (χ4v) is 2.93. The van der Waals surface area contributed by atoms with Gasteiger partial charge in [0.05, 0.1) is 18.8 Å². The lowest BCUT2D eigenvalue weighted by atomic mass is 10.1. The molecule has 0 unspecified atom stereocenters. The van der Waals surface area contributed by atoms with Crippen LogP contribution >= 0.6 is 15.9 Å². The second kappa shape index (κ2) is 11.3. The van der Waals surface area contributed by atoms with Crippen molar-refractivity contribution in [1.82, 2.24) is 5.32 Å². The van der Waals surface area contributed by atoms with Gasteiger partial charge in [0, 0.05) is 11.0 Å². The van der Waals surface area contributed by atoms with E-state index in [1.165, 1.54) is 0 Å². The summed E-state index contributed by atoms with van der Waals surface area (Å²) in [4.78, 5) is 23.9. The number of carbonyl (C=O) groups is 2. The van der Waals surface area contributed by atoms with Gasteiger partial charge < -0.3 is 19.5 Å². The molecule has 0 radical (unpaired) electrons. The van der Waals surface area contributed by atoms with Gasteiger partial charge in [-0.2, -0.15) is 0 Å². The van der Waals surface area contributed by atoms with Crippen molar-refractivity contribution >= 4 is 27.8 Å².